The van der Waals surface area contributed by atoms with Crippen LogP contribution < -0.4 is 0 Å². The normalized spacial score (nSPS) is 12.9. The van der Waals surface area contributed by atoms with E-state index in [2.05, 4.69) is 13.5 Å². The summed E-state index contributed by atoms with van der Waals surface area (Å²) in [6.07, 6.45) is 2.67. The van der Waals surface area contributed by atoms with Gasteiger partial charge in [-0.25, -0.2) is 0 Å². The van der Waals surface area contributed by atoms with Crippen molar-refractivity contribution in [2.24, 2.45) is 0 Å². The summed E-state index contributed by atoms with van der Waals surface area (Å²) in [5.41, 5.74) is 1.20. The summed E-state index contributed by atoms with van der Waals surface area (Å²) in [5, 5.41) is 0.785. The molecule has 0 radical (unpaired) electrons. The van der Waals surface area contributed by atoms with E-state index in [4.69, 9.17) is 11.6 Å². The number of hydrogen-bond donors (Lipinski definition) is 0. The predicted octanol–water partition coefficient (Wildman–Crippen LogP) is 3.10. The molecule has 0 nitrogen and oxygen atoms in total. The van der Waals surface area contributed by atoms with Gasteiger partial charge in [-0.05, 0) is 13.3 Å². The molecular formula is C7H11Cl. The number of hydrogen-bond acceptors (Lipinski definition) is 0. The third kappa shape index (κ3) is 2.17. The lowest BCUT2D eigenvalue weighted by molar-refractivity contribution is 1.09. The van der Waals surface area contributed by atoms with Gasteiger partial charge in [-0.2, -0.15) is 0 Å². The van der Waals surface area contributed by atoms with Gasteiger partial charge < -0.3 is 0 Å². The lowest BCUT2D eigenvalue weighted by Gasteiger charge is -1.93. The first-order chi connectivity index (χ1) is 3.72. The first-order valence-electron chi connectivity index (χ1n) is 2.70. The standard InChI is InChI=1S/C7H11Cl/c1-4-6(3)7(8)5-2/h5H,2,4H2,1,3H3/b7-6+. The quantitative estimate of drug-likeness (QED) is 0.504. The van der Waals surface area contributed by atoms with Crippen LogP contribution in [0.5, 0.6) is 0 Å². The van der Waals surface area contributed by atoms with Crippen molar-refractivity contribution in [2.45, 2.75) is 20.3 Å². The Labute approximate surface area is 55.9 Å². The van der Waals surface area contributed by atoms with Crippen LogP contribution >= 0.6 is 11.6 Å². The molecule has 0 aromatic carbocycles. The van der Waals surface area contributed by atoms with E-state index in [-0.39, 0.29) is 0 Å². The van der Waals surface area contributed by atoms with E-state index in [1.165, 1.54) is 5.57 Å². The highest BCUT2D eigenvalue weighted by molar-refractivity contribution is 6.31. The third-order valence-electron chi connectivity index (χ3n) is 1.12. The van der Waals surface area contributed by atoms with Gasteiger partial charge in [0.25, 0.3) is 0 Å². The van der Waals surface area contributed by atoms with E-state index in [0.29, 0.717) is 0 Å². The molecule has 0 spiro atoms. The zero-order valence-corrected chi connectivity index (χ0v) is 6.13. The first kappa shape index (κ1) is 7.77. The fraction of sp³-hybridized carbons (Fsp3) is 0.429. The van der Waals surface area contributed by atoms with Crippen molar-refractivity contribution in [2.75, 3.05) is 0 Å². The number of halogens is 1. The van der Waals surface area contributed by atoms with Crippen molar-refractivity contribution in [1.29, 1.82) is 0 Å². The largest absolute Gasteiger partial charge is 0.0976 e. The molecule has 0 amide bonds. The van der Waals surface area contributed by atoms with Gasteiger partial charge in [0.1, 0.15) is 0 Å². The fourth-order valence-electron chi connectivity index (χ4n) is 0.343. The molecule has 8 heavy (non-hydrogen) atoms. The molecule has 46 valence electrons. The molecule has 0 bridgehead atoms. The lowest BCUT2D eigenvalue weighted by Crippen LogP contribution is -1.72. The summed E-state index contributed by atoms with van der Waals surface area (Å²) in [5.74, 6) is 0. The van der Waals surface area contributed by atoms with Crippen molar-refractivity contribution >= 4 is 11.6 Å². The summed E-state index contributed by atoms with van der Waals surface area (Å²) < 4.78 is 0. The van der Waals surface area contributed by atoms with Crippen molar-refractivity contribution in [1.82, 2.24) is 0 Å². The maximum atomic E-state index is 5.68. The highest BCUT2D eigenvalue weighted by atomic mass is 35.5. The van der Waals surface area contributed by atoms with Crippen molar-refractivity contribution in [3.8, 4) is 0 Å². The second-order valence-electron chi connectivity index (χ2n) is 1.69. The smallest absolute Gasteiger partial charge is 0.0389 e. The molecule has 0 atom stereocenters. The second-order valence-corrected chi connectivity index (χ2v) is 2.09. The Bertz CT molecular complexity index is 112. The van der Waals surface area contributed by atoms with E-state index in [9.17, 15) is 0 Å². The highest BCUT2D eigenvalue weighted by Gasteiger charge is 1.88. The van der Waals surface area contributed by atoms with Crippen LogP contribution in [0, 0.1) is 0 Å². The first-order valence-corrected chi connectivity index (χ1v) is 3.07. The Morgan fingerprint density at radius 3 is 2.38 bits per heavy atom. The van der Waals surface area contributed by atoms with Gasteiger partial charge in [0.2, 0.25) is 0 Å². The van der Waals surface area contributed by atoms with Gasteiger partial charge >= 0.3 is 0 Å². The highest BCUT2D eigenvalue weighted by Crippen LogP contribution is 2.11. The molecule has 0 saturated carbocycles. The Morgan fingerprint density at radius 1 is 1.75 bits per heavy atom. The molecule has 0 unspecified atom stereocenters. The lowest BCUT2D eigenvalue weighted by atomic mass is 10.2. The van der Waals surface area contributed by atoms with E-state index in [1.54, 1.807) is 6.08 Å². The monoisotopic (exact) mass is 130 g/mol. The van der Waals surface area contributed by atoms with E-state index < -0.39 is 0 Å². The van der Waals surface area contributed by atoms with Crippen LogP contribution in [-0.2, 0) is 0 Å². The van der Waals surface area contributed by atoms with Crippen molar-refractivity contribution in [3.63, 3.8) is 0 Å². The molecule has 0 aromatic heterocycles. The molecule has 1 heteroatoms. The molecule has 0 saturated heterocycles. The summed E-state index contributed by atoms with van der Waals surface area (Å²) >= 11 is 5.68. The topological polar surface area (TPSA) is 0 Å². The Morgan fingerprint density at radius 2 is 2.25 bits per heavy atom. The van der Waals surface area contributed by atoms with Crippen LogP contribution in [0.25, 0.3) is 0 Å². The van der Waals surface area contributed by atoms with E-state index >= 15 is 0 Å². The zero-order valence-electron chi connectivity index (χ0n) is 5.37. The third-order valence-corrected chi connectivity index (χ3v) is 1.59. The maximum Gasteiger partial charge on any atom is 0.0389 e. The van der Waals surface area contributed by atoms with E-state index in [1.807, 2.05) is 6.92 Å². The average Bonchev–Trinajstić information content (AvgIpc) is 1.84. The van der Waals surface area contributed by atoms with Gasteiger partial charge in [-0.15, -0.1) is 0 Å². The molecule has 0 aliphatic rings. The molecule has 0 aliphatic heterocycles. The van der Waals surface area contributed by atoms with Crippen LogP contribution in [0.4, 0.5) is 0 Å². The van der Waals surface area contributed by atoms with Crippen LogP contribution in [0.15, 0.2) is 23.3 Å². The van der Waals surface area contributed by atoms with Crippen LogP contribution in [0.2, 0.25) is 0 Å². The minimum absolute atomic E-state index is 0.785. The Balaban J connectivity index is 4.03. The minimum atomic E-state index is 0.785. The minimum Gasteiger partial charge on any atom is -0.0976 e. The van der Waals surface area contributed by atoms with Crippen LogP contribution in [-0.4, -0.2) is 0 Å². The molecular weight excluding hydrogens is 120 g/mol. The van der Waals surface area contributed by atoms with Crippen LogP contribution in [0.3, 0.4) is 0 Å². The van der Waals surface area contributed by atoms with Gasteiger partial charge in [-0.3, -0.25) is 0 Å². The second kappa shape index (κ2) is 3.73. The predicted molar refractivity (Wildman–Crippen MR) is 39.0 cm³/mol. The van der Waals surface area contributed by atoms with Gasteiger partial charge in [0.15, 0.2) is 0 Å². The summed E-state index contributed by atoms with van der Waals surface area (Å²) in [6.45, 7) is 7.61. The molecule has 0 rings (SSSR count). The average molecular weight is 131 g/mol. The van der Waals surface area contributed by atoms with Gasteiger partial charge in [0.05, 0.1) is 0 Å². The zero-order chi connectivity index (χ0) is 6.57. The Kier molecular flexibility index (Phi) is 3.63. The number of allylic oxidation sites excluding steroid dienone is 3. The van der Waals surface area contributed by atoms with Gasteiger partial charge in [0, 0.05) is 5.03 Å². The Hall–Kier alpha value is -0.230. The molecule has 0 fully saturated rings. The summed E-state index contributed by atoms with van der Waals surface area (Å²) in [6, 6.07) is 0. The molecule has 0 aliphatic carbocycles. The molecule has 0 aromatic rings. The number of rotatable bonds is 2. The molecule has 0 heterocycles. The summed E-state index contributed by atoms with van der Waals surface area (Å²) in [4.78, 5) is 0. The van der Waals surface area contributed by atoms with Gasteiger partial charge in [-0.1, -0.05) is 36.8 Å². The maximum absolute atomic E-state index is 5.68. The van der Waals surface area contributed by atoms with Crippen LogP contribution in [0.1, 0.15) is 20.3 Å². The summed E-state index contributed by atoms with van der Waals surface area (Å²) in [7, 11) is 0. The SMILES string of the molecule is C=C/C(Cl)=C(/C)CC. The van der Waals surface area contributed by atoms with Crippen molar-refractivity contribution in [3.05, 3.63) is 23.3 Å². The van der Waals surface area contributed by atoms with E-state index in [0.717, 1.165) is 11.5 Å². The molecule has 0 N–H and O–H groups in total. The fourth-order valence-corrected chi connectivity index (χ4v) is 0.477. The van der Waals surface area contributed by atoms with Crippen molar-refractivity contribution < 1.29 is 0 Å².